The number of aromatic nitrogens is 1. The molecule has 0 saturated heterocycles. The van der Waals surface area contributed by atoms with Crippen LogP contribution in [-0.2, 0) is 6.61 Å². The molecule has 1 aromatic carbocycles. The second-order valence-corrected chi connectivity index (χ2v) is 4.54. The molecule has 0 bridgehead atoms. The van der Waals surface area contributed by atoms with Gasteiger partial charge in [-0.05, 0) is 56.2 Å². The minimum atomic E-state index is 0.479. The number of nitrogens with zero attached hydrogens (tertiary/aromatic N) is 1. The van der Waals surface area contributed by atoms with E-state index in [4.69, 9.17) is 10.5 Å². The van der Waals surface area contributed by atoms with Crippen molar-refractivity contribution in [3.8, 4) is 5.75 Å². The third kappa shape index (κ3) is 2.80. The van der Waals surface area contributed by atoms with E-state index in [2.05, 4.69) is 4.98 Å². The molecule has 2 aromatic rings. The van der Waals surface area contributed by atoms with Gasteiger partial charge in [0, 0.05) is 11.4 Å². The molecular weight excluding hydrogens is 224 g/mol. The molecule has 0 spiro atoms. The lowest BCUT2D eigenvalue weighted by Gasteiger charge is -2.12. The molecule has 0 aliphatic carbocycles. The first-order valence-electron chi connectivity index (χ1n) is 5.98. The Morgan fingerprint density at radius 1 is 1.11 bits per heavy atom. The van der Waals surface area contributed by atoms with Crippen LogP contribution in [-0.4, -0.2) is 4.98 Å². The van der Waals surface area contributed by atoms with E-state index in [-0.39, 0.29) is 0 Å². The topological polar surface area (TPSA) is 48.1 Å². The predicted octanol–water partition coefficient (Wildman–Crippen LogP) is 3.17. The Balaban J connectivity index is 2.16. The standard InChI is InChI=1S/C15H18N2O/c1-10-7-13(16)8-11(2)15(10)18-9-14-6-4-5-12(3)17-14/h4-8H,9,16H2,1-3H3. The highest BCUT2D eigenvalue weighted by Gasteiger charge is 2.06. The number of hydrogen-bond acceptors (Lipinski definition) is 3. The lowest BCUT2D eigenvalue weighted by molar-refractivity contribution is 0.297. The normalized spacial score (nSPS) is 10.4. The number of anilines is 1. The van der Waals surface area contributed by atoms with Gasteiger partial charge in [-0.15, -0.1) is 0 Å². The molecule has 0 atom stereocenters. The summed E-state index contributed by atoms with van der Waals surface area (Å²) in [6.07, 6.45) is 0. The number of ether oxygens (including phenoxy) is 1. The second-order valence-electron chi connectivity index (χ2n) is 4.54. The van der Waals surface area contributed by atoms with Crippen LogP contribution in [0.25, 0.3) is 0 Å². The fraction of sp³-hybridized carbons (Fsp3) is 0.267. The average Bonchev–Trinajstić information content (AvgIpc) is 2.27. The highest BCUT2D eigenvalue weighted by atomic mass is 16.5. The van der Waals surface area contributed by atoms with Crippen LogP contribution in [0.1, 0.15) is 22.5 Å². The van der Waals surface area contributed by atoms with Crippen molar-refractivity contribution in [1.29, 1.82) is 0 Å². The smallest absolute Gasteiger partial charge is 0.130 e. The number of aryl methyl sites for hydroxylation is 3. The van der Waals surface area contributed by atoms with Crippen LogP contribution < -0.4 is 10.5 Å². The zero-order chi connectivity index (χ0) is 13.1. The highest BCUT2D eigenvalue weighted by Crippen LogP contribution is 2.26. The monoisotopic (exact) mass is 242 g/mol. The molecule has 0 saturated carbocycles. The maximum Gasteiger partial charge on any atom is 0.130 e. The Bertz CT molecular complexity index is 541. The van der Waals surface area contributed by atoms with Crippen LogP contribution in [0.3, 0.4) is 0 Å². The summed E-state index contributed by atoms with van der Waals surface area (Å²) in [4.78, 5) is 4.42. The van der Waals surface area contributed by atoms with Gasteiger partial charge in [0.25, 0.3) is 0 Å². The van der Waals surface area contributed by atoms with Gasteiger partial charge in [0.15, 0.2) is 0 Å². The van der Waals surface area contributed by atoms with E-state index < -0.39 is 0 Å². The Morgan fingerprint density at radius 3 is 2.39 bits per heavy atom. The van der Waals surface area contributed by atoms with Gasteiger partial charge in [-0.3, -0.25) is 4.98 Å². The molecule has 0 unspecified atom stereocenters. The van der Waals surface area contributed by atoms with Gasteiger partial charge >= 0.3 is 0 Å². The first-order valence-corrected chi connectivity index (χ1v) is 5.98. The summed E-state index contributed by atoms with van der Waals surface area (Å²) in [5.74, 6) is 0.896. The Labute approximate surface area is 108 Å². The van der Waals surface area contributed by atoms with Crippen molar-refractivity contribution in [1.82, 2.24) is 4.98 Å². The number of benzene rings is 1. The van der Waals surface area contributed by atoms with Gasteiger partial charge in [-0.1, -0.05) is 6.07 Å². The van der Waals surface area contributed by atoms with Gasteiger partial charge in [0.2, 0.25) is 0 Å². The van der Waals surface area contributed by atoms with Crippen molar-refractivity contribution < 1.29 is 4.74 Å². The molecule has 3 nitrogen and oxygen atoms in total. The number of hydrogen-bond donors (Lipinski definition) is 1. The zero-order valence-electron chi connectivity index (χ0n) is 11.0. The molecule has 0 aliphatic rings. The zero-order valence-corrected chi connectivity index (χ0v) is 11.0. The van der Waals surface area contributed by atoms with Crippen LogP contribution in [0.15, 0.2) is 30.3 Å². The van der Waals surface area contributed by atoms with E-state index in [9.17, 15) is 0 Å². The molecule has 2 N–H and O–H groups in total. The molecule has 0 aliphatic heterocycles. The lowest BCUT2D eigenvalue weighted by atomic mass is 10.1. The van der Waals surface area contributed by atoms with E-state index in [1.807, 2.05) is 51.1 Å². The molecule has 0 radical (unpaired) electrons. The maximum atomic E-state index is 5.85. The Morgan fingerprint density at radius 2 is 1.78 bits per heavy atom. The van der Waals surface area contributed by atoms with Gasteiger partial charge in [0.1, 0.15) is 12.4 Å². The number of pyridine rings is 1. The molecule has 94 valence electrons. The molecule has 18 heavy (non-hydrogen) atoms. The Hall–Kier alpha value is -2.03. The largest absolute Gasteiger partial charge is 0.487 e. The molecule has 1 heterocycles. The molecule has 1 aromatic heterocycles. The number of nitrogen functional groups attached to an aromatic ring is 1. The predicted molar refractivity (Wildman–Crippen MR) is 73.6 cm³/mol. The van der Waals surface area contributed by atoms with E-state index in [0.29, 0.717) is 6.61 Å². The highest BCUT2D eigenvalue weighted by molar-refractivity contribution is 5.52. The number of nitrogens with two attached hydrogens (primary N) is 1. The molecule has 3 heteroatoms. The summed E-state index contributed by atoms with van der Waals surface area (Å²) in [5, 5.41) is 0. The van der Waals surface area contributed by atoms with Gasteiger partial charge < -0.3 is 10.5 Å². The van der Waals surface area contributed by atoms with Crippen LogP contribution >= 0.6 is 0 Å². The van der Waals surface area contributed by atoms with Gasteiger partial charge in [-0.2, -0.15) is 0 Å². The fourth-order valence-corrected chi connectivity index (χ4v) is 2.04. The van der Waals surface area contributed by atoms with E-state index in [0.717, 1.165) is 34.0 Å². The number of rotatable bonds is 3. The van der Waals surface area contributed by atoms with E-state index in [1.165, 1.54) is 0 Å². The first-order chi connectivity index (χ1) is 8.56. The van der Waals surface area contributed by atoms with Crippen molar-refractivity contribution in [2.24, 2.45) is 0 Å². The molecule has 0 amide bonds. The maximum absolute atomic E-state index is 5.85. The van der Waals surface area contributed by atoms with Crippen LogP contribution in [0.5, 0.6) is 5.75 Å². The minimum Gasteiger partial charge on any atom is -0.487 e. The summed E-state index contributed by atoms with van der Waals surface area (Å²) in [6.45, 7) is 6.46. The van der Waals surface area contributed by atoms with Gasteiger partial charge in [0.05, 0.1) is 5.69 Å². The first kappa shape index (κ1) is 12.4. The van der Waals surface area contributed by atoms with Crippen molar-refractivity contribution in [2.75, 3.05) is 5.73 Å². The summed E-state index contributed by atoms with van der Waals surface area (Å²) < 4.78 is 5.85. The Kier molecular flexibility index (Phi) is 3.51. The van der Waals surface area contributed by atoms with Crippen molar-refractivity contribution >= 4 is 5.69 Å². The van der Waals surface area contributed by atoms with Crippen LogP contribution in [0, 0.1) is 20.8 Å². The lowest BCUT2D eigenvalue weighted by Crippen LogP contribution is -2.02. The quantitative estimate of drug-likeness (QED) is 0.841. The average molecular weight is 242 g/mol. The van der Waals surface area contributed by atoms with Crippen molar-refractivity contribution in [2.45, 2.75) is 27.4 Å². The third-order valence-electron chi connectivity index (χ3n) is 2.79. The van der Waals surface area contributed by atoms with Crippen LogP contribution in [0.4, 0.5) is 5.69 Å². The molecular formula is C15H18N2O. The summed E-state index contributed by atoms with van der Waals surface area (Å²) in [7, 11) is 0. The van der Waals surface area contributed by atoms with Gasteiger partial charge in [-0.25, -0.2) is 0 Å². The second kappa shape index (κ2) is 5.08. The van der Waals surface area contributed by atoms with E-state index >= 15 is 0 Å². The summed E-state index contributed by atoms with van der Waals surface area (Å²) in [6, 6.07) is 9.78. The third-order valence-corrected chi connectivity index (χ3v) is 2.79. The molecule has 0 fully saturated rings. The minimum absolute atomic E-state index is 0.479. The summed E-state index contributed by atoms with van der Waals surface area (Å²) >= 11 is 0. The van der Waals surface area contributed by atoms with Crippen LogP contribution in [0.2, 0.25) is 0 Å². The van der Waals surface area contributed by atoms with Crippen molar-refractivity contribution in [3.05, 3.63) is 52.8 Å². The fourth-order valence-electron chi connectivity index (χ4n) is 2.04. The van der Waals surface area contributed by atoms with E-state index in [1.54, 1.807) is 0 Å². The van der Waals surface area contributed by atoms with Crippen molar-refractivity contribution in [3.63, 3.8) is 0 Å². The SMILES string of the molecule is Cc1cccc(COc2c(C)cc(N)cc2C)n1. The molecule has 2 rings (SSSR count). The summed E-state index contributed by atoms with van der Waals surface area (Å²) in [5.41, 5.74) is 10.6.